The van der Waals surface area contributed by atoms with Crippen molar-refractivity contribution in [3.63, 3.8) is 0 Å². The number of amides is 1. The molecule has 2 aromatic carbocycles. The molecule has 32 heavy (non-hydrogen) atoms. The second-order valence-corrected chi connectivity index (χ2v) is 9.21. The van der Waals surface area contributed by atoms with E-state index in [0.29, 0.717) is 27.1 Å². The lowest BCUT2D eigenvalue weighted by Crippen LogP contribution is -2.21. The number of nitrogens with one attached hydrogen (secondary N) is 2. The monoisotopic (exact) mass is 471 g/mol. The SMILES string of the molecule is CNc1cc(-c2ccc(Cl)cc2)sc1C(=O)Nc1ccc(OC2CCN(C)C2)c(OC)c1. The smallest absolute Gasteiger partial charge is 0.267 e. The maximum absolute atomic E-state index is 13.1. The number of nitrogens with zero attached hydrogens (tertiary/aromatic N) is 1. The van der Waals surface area contributed by atoms with Crippen molar-refractivity contribution in [1.82, 2.24) is 4.90 Å². The van der Waals surface area contributed by atoms with Crippen molar-refractivity contribution in [2.45, 2.75) is 12.5 Å². The fourth-order valence-corrected chi connectivity index (χ4v) is 4.89. The Morgan fingerprint density at radius 1 is 1.16 bits per heavy atom. The van der Waals surface area contributed by atoms with Gasteiger partial charge >= 0.3 is 0 Å². The molecule has 1 unspecified atom stereocenters. The third-order valence-electron chi connectivity index (χ3n) is 5.40. The number of halogens is 1. The van der Waals surface area contributed by atoms with E-state index >= 15 is 0 Å². The van der Waals surface area contributed by atoms with Crippen molar-refractivity contribution in [3.8, 4) is 21.9 Å². The lowest BCUT2D eigenvalue weighted by molar-refractivity contribution is 0.103. The summed E-state index contributed by atoms with van der Waals surface area (Å²) in [5.41, 5.74) is 2.43. The summed E-state index contributed by atoms with van der Waals surface area (Å²) in [5.74, 6) is 1.09. The van der Waals surface area contributed by atoms with Crippen molar-refractivity contribution in [2.24, 2.45) is 0 Å². The second kappa shape index (κ2) is 9.81. The molecule has 0 aliphatic carbocycles. The lowest BCUT2D eigenvalue weighted by Gasteiger charge is -2.17. The maximum atomic E-state index is 13.1. The number of thiophene rings is 1. The fourth-order valence-electron chi connectivity index (χ4n) is 3.70. The van der Waals surface area contributed by atoms with Gasteiger partial charge in [0.25, 0.3) is 5.91 Å². The average Bonchev–Trinajstić information content (AvgIpc) is 3.41. The van der Waals surface area contributed by atoms with Crippen LogP contribution in [0, 0.1) is 0 Å². The molecule has 1 aliphatic heterocycles. The molecular weight excluding hydrogens is 446 g/mol. The standard InChI is InChI=1S/C24H26ClN3O3S/c1-26-19-13-22(15-4-6-16(25)7-5-15)32-23(19)24(29)27-17-8-9-20(21(12-17)30-3)31-18-10-11-28(2)14-18/h4-9,12-13,18,26H,10-11,14H2,1-3H3,(H,27,29). The minimum atomic E-state index is -0.187. The van der Waals surface area contributed by atoms with E-state index in [1.807, 2.05) is 42.5 Å². The Morgan fingerprint density at radius 2 is 1.94 bits per heavy atom. The van der Waals surface area contributed by atoms with E-state index in [-0.39, 0.29) is 12.0 Å². The van der Waals surface area contributed by atoms with Crippen molar-refractivity contribution >= 4 is 40.2 Å². The Morgan fingerprint density at radius 3 is 2.59 bits per heavy atom. The van der Waals surface area contributed by atoms with Gasteiger partial charge in [-0.3, -0.25) is 4.79 Å². The zero-order valence-electron chi connectivity index (χ0n) is 18.3. The minimum absolute atomic E-state index is 0.143. The zero-order valence-corrected chi connectivity index (χ0v) is 19.8. The molecule has 0 saturated carbocycles. The number of ether oxygens (including phenoxy) is 2. The molecule has 1 atom stereocenters. The largest absolute Gasteiger partial charge is 0.493 e. The molecule has 0 bridgehead atoms. The first-order valence-electron chi connectivity index (χ1n) is 10.4. The molecule has 1 amide bonds. The first-order chi connectivity index (χ1) is 15.5. The summed E-state index contributed by atoms with van der Waals surface area (Å²) in [6.45, 7) is 1.91. The van der Waals surface area contributed by atoms with Crippen LogP contribution in [0.25, 0.3) is 10.4 Å². The van der Waals surface area contributed by atoms with Gasteiger partial charge in [0, 0.05) is 41.8 Å². The molecule has 1 aromatic heterocycles. The molecule has 2 heterocycles. The first-order valence-corrected chi connectivity index (χ1v) is 11.6. The highest BCUT2D eigenvalue weighted by Gasteiger charge is 2.23. The van der Waals surface area contributed by atoms with E-state index in [0.717, 1.165) is 35.6 Å². The Balaban J connectivity index is 1.51. The second-order valence-electron chi connectivity index (χ2n) is 7.72. The van der Waals surface area contributed by atoms with Crippen molar-refractivity contribution < 1.29 is 14.3 Å². The van der Waals surface area contributed by atoms with Gasteiger partial charge in [-0.25, -0.2) is 0 Å². The summed E-state index contributed by atoms with van der Waals surface area (Å²) >= 11 is 7.43. The van der Waals surface area contributed by atoms with Crippen LogP contribution in [0.4, 0.5) is 11.4 Å². The van der Waals surface area contributed by atoms with Crippen LogP contribution in [0.5, 0.6) is 11.5 Å². The van der Waals surface area contributed by atoms with Crippen LogP contribution in [0.1, 0.15) is 16.1 Å². The molecule has 0 spiro atoms. The topological polar surface area (TPSA) is 62.8 Å². The van der Waals surface area contributed by atoms with E-state index < -0.39 is 0 Å². The van der Waals surface area contributed by atoms with E-state index in [1.54, 1.807) is 20.2 Å². The van der Waals surface area contributed by atoms with Crippen LogP contribution in [-0.4, -0.2) is 51.2 Å². The van der Waals surface area contributed by atoms with Gasteiger partial charge in [0.05, 0.1) is 12.8 Å². The third kappa shape index (κ3) is 5.01. The van der Waals surface area contributed by atoms with Crippen LogP contribution < -0.4 is 20.1 Å². The molecule has 1 aliphatic rings. The number of likely N-dealkylation sites (N-methyl/N-ethyl adjacent to an activating group) is 1. The Bertz CT molecular complexity index is 1100. The highest BCUT2D eigenvalue weighted by atomic mass is 35.5. The molecule has 4 rings (SSSR count). The number of benzene rings is 2. The summed E-state index contributed by atoms with van der Waals surface area (Å²) in [4.78, 5) is 16.9. The number of hydrogen-bond donors (Lipinski definition) is 2. The van der Waals surface area contributed by atoms with Gasteiger partial charge in [-0.15, -0.1) is 11.3 Å². The van der Waals surface area contributed by atoms with Gasteiger partial charge in [0.2, 0.25) is 0 Å². The number of rotatable bonds is 7. The summed E-state index contributed by atoms with van der Waals surface area (Å²) in [6.07, 6.45) is 1.13. The Labute approximate surface area is 197 Å². The van der Waals surface area contributed by atoms with E-state index in [4.69, 9.17) is 21.1 Å². The predicted molar refractivity (Wildman–Crippen MR) is 132 cm³/mol. The molecule has 8 heteroatoms. The van der Waals surface area contributed by atoms with Crippen LogP contribution in [0.2, 0.25) is 5.02 Å². The average molecular weight is 472 g/mol. The molecule has 1 saturated heterocycles. The number of methoxy groups -OCH3 is 1. The fraction of sp³-hybridized carbons (Fsp3) is 0.292. The van der Waals surface area contributed by atoms with Gasteiger partial charge in [-0.1, -0.05) is 23.7 Å². The predicted octanol–water partition coefficient (Wildman–Crippen LogP) is 5.45. The quantitative estimate of drug-likeness (QED) is 0.479. The van der Waals surface area contributed by atoms with Gasteiger partial charge in [-0.2, -0.15) is 0 Å². The van der Waals surface area contributed by atoms with Crippen molar-refractivity contribution in [3.05, 3.63) is 58.4 Å². The van der Waals surface area contributed by atoms with Gasteiger partial charge in [0.15, 0.2) is 11.5 Å². The normalized spacial score (nSPS) is 16.1. The van der Waals surface area contributed by atoms with Gasteiger partial charge in [-0.05, 0) is 49.4 Å². The zero-order chi connectivity index (χ0) is 22.7. The molecule has 3 aromatic rings. The number of hydrogen-bond acceptors (Lipinski definition) is 6. The molecule has 2 N–H and O–H groups in total. The summed E-state index contributed by atoms with van der Waals surface area (Å²) < 4.78 is 11.6. The summed E-state index contributed by atoms with van der Waals surface area (Å²) in [6, 6.07) is 15.0. The van der Waals surface area contributed by atoms with Gasteiger partial charge < -0.3 is 25.0 Å². The molecule has 0 radical (unpaired) electrons. The van der Waals surface area contributed by atoms with E-state index in [2.05, 4.69) is 22.6 Å². The summed E-state index contributed by atoms with van der Waals surface area (Å²) in [7, 11) is 5.49. The van der Waals surface area contributed by atoms with Gasteiger partial charge in [0.1, 0.15) is 11.0 Å². The molecular formula is C24H26ClN3O3S. The third-order valence-corrected chi connectivity index (χ3v) is 6.83. The summed E-state index contributed by atoms with van der Waals surface area (Å²) in [5, 5.41) is 6.77. The van der Waals surface area contributed by atoms with E-state index in [9.17, 15) is 4.79 Å². The van der Waals surface area contributed by atoms with Crippen LogP contribution in [-0.2, 0) is 0 Å². The molecule has 1 fully saturated rings. The number of likely N-dealkylation sites (tertiary alicyclic amines) is 1. The lowest BCUT2D eigenvalue weighted by atomic mass is 10.2. The van der Waals surface area contributed by atoms with Crippen LogP contribution >= 0.6 is 22.9 Å². The van der Waals surface area contributed by atoms with Crippen molar-refractivity contribution in [1.29, 1.82) is 0 Å². The van der Waals surface area contributed by atoms with Crippen LogP contribution in [0.3, 0.4) is 0 Å². The number of anilines is 2. The maximum Gasteiger partial charge on any atom is 0.267 e. The van der Waals surface area contributed by atoms with E-state index in [1.165, 1.54) is 11.3 Å². The molecule has 168 valence electrons. The number of carbonyl (C=O) groups excluding carboxylic acids is 1. The minimum Gasteiger partial charge on any atom is -0.493 e. The number of carbonyl (C=O) groups is 1. The Kier molecular flexibility index (Phi) is 6.89. The first kappa shape index (κ1) is 22.5. The highest BCUT2D eigenvalue weighted by Crippen LogP contribution is 2.37. The Hall–Kier alpha value is -2.74. The highest BCUT2D eigenvalue weighted by molar-refractivity contribution is 7.18. The van der Waals surface area contributed by atoms with Crippen molar-refractivity contribution in [2.75, 3.05) is 44.9 Å². The van der Waals surface area contributed by atoms with Crippen LogP contribution in [0.15, 0.2) is 48.5 Å². The molecule has 6 nitrogen and oxygen atoms in total.